The molecule has 0 spiro atoms. The molecular weight excluding hydrogens is 336 g/mol. The van der Waals surface area contributed by atoms with Crippen LogP contribution in [0, 0.1) is 0 Å². The highest BCUT2D eigenvalue weighted by molar-refractivity contribution is 6.25. The summed E-state index contributed by atoms with van der Waals surface area (Å²) in [6, 6.07) is 3.99. The molecule has 1 aromatic rings. The van der Waals surface area contributed by atoms with Crippen molar-refractivity contribution in [1.82, 2.24) is 10.2 Å². The van der Waals surface area contributed by atoms with E-state index in [0.717, 1.165) is 17.7 Å². The van der Waals surface area contributed by atoms with Gasteiger partial charge >= 0.3 is 0 Å². The molecule has 1 heterocycles. The van der Waals surface area contributed by atoms with Gasteiger partial charge in [-0.3, -0.25) is 19.3 Å². The van der Waals surface area contributed by atoms with Gasteiger partial charge in [-0.05, 0) is 37.9 Å². The molecule has 26 heavy (non-hydrogen) atoms. The molecule has 1 aliphatic heterocycles. The Bertz CT molecular complexity index is 704. The van der Waals surface area contributed by atoms with Crippen molar-refractivity contribution < 1.29 is 19.2 Å². The lowest BCUT2D eigenvalue weighted by Crippen LogP contribution is -2.48. The molecule has 4 N–H and O–H groups in total. The summed E-state index contributed by atoms with van der Waals surface area (Å²) in [5.74, 6) is -1.51. The molecule has 140 valence electrons. The lowest BCUT2D eigenvalue weighted by molar-refractivity contribution is -0.124. The largest absolute Gasteiger partial charge is 0.384 e. The van der Waals surface area contributed by atoms with E-state index < -0.39 is 23.8 Å². The summed E-state index contributed by atoms with van der Waals surface area (Å²) in [4.78, 5) is 49.5. The second-order valence-electron chi connectivity index (χ2n) is 6.01. The van der Waals surface area contributed by atoms with Gasteiger partial charge in [0.15, 0.2) is 0 Å². The lowest BCUT2D eigenvalue weighted by Gasteiger charge is -2.24. The molecule has 1 atom stereocenters. The van der Waals surface area contributed by atoms with E-state index in [4.69, 9.17) is 5.73 Å². The maximum atomic E-state index is 12.9. The van der Waals surface area contributed by atoms with E-state index in [0.29, 0.717) is 25.1 Å². The first-order valence-corrected chi connectivity index (χ1v) is 8.66. The first kappa shape index (κ1) is 19.6. The molecule has 0 aromatic heterocycles. The van der Waals surface area contributed by atoms with Gasteiger partial charge in [-0.2, -0.15) is 0 Å². The minimum Gasteiger partial charge on any atom is -0.384 e. The Kier molecular flexibility index (Phi) is 6.85. The number of amides is 3. The molecule has 0 saturated carbocycles. The average molecular weight is 360 g/mol. The first-order valence-electron chi connectivity index (χ1n) is 8.66. The number of nitrogens with one attached hydrogen (secondary N) is 2. The van der Waals surface area contributed by atoms with Gasteiger partial charge in [0, 0.05) is 25.7 Å². The van der Waals surface area contributed by atoms with Gasteiger partial charge in [-0.1, -0.05) is 6.07 Å². The number of carbonyl (C=O) groups is 4. The van der Waals surface area contributed by atoms with Crippen LogP contribution in [0.25, 0.3) is 0 Å². The number of hydrogen-bond acceptors (Lipinski definition) is 6. The Balaban J connectivity index is 2.29. The fourth-order valence-corrected chi connectivity index (χ4v) is 3.00. The number of nitrogens with two attached hydrogens (primary N) is 1. The molecular formula is C18H24N4O4. The number of fused-ring (bicyclic) bond motifs is 1. The number of carbonyl (C=O) groups excluding carboxylic acids is 4. The summed E-state index contributed by atoms with van der Waals surface area (Å²) in [6.45, 7) is 1.21. The summed E-state index contributed by atoms with van der Waals surface area (Å²) in [5, 5.41) is 5.62. The van der Waals surface area contributed by atoms with Crippen LogP contribution in [0.5, 0.6) is 0 Å². The van der Waals surface area contributed by atoms with Crippen LogP contribution in [0.1, 0.15) is 46.4 Å². The highest BCUT2D eigenvalue weighted by Crippen LogP contribution is 2.31. The predicted octanol–water partition coefficient (Wildman–Crippen LogP) is 0.527. The van der Waals surface area contributed by atoms with Crippen LogP contribution in [-0.2, 0) is 9.59 Å². The quantitative estimate of drug-likeness (QED) is 0.318. The maximum absolute atomic E-state index is 12.9. The highest BCUT2D eigenvalue weighted by atomic mass is 16.2. The number of unbranched alkanes of at least 4 members (excludes halogenated alkanes) is 1. The van der Waals surface area contributed by atoms with E-state index >= 15 is 0 Å². The third-order valence-electron chi connectivity index (χ3n) is 4.31. The monoisotopic (exact) mass is 360 g/mol. The molecule has 1 unspecified atom stereocenters. The smallest absolute Gasteiger partial charge is 0.264 e. The second kappa shape index (κ2) is 9.10. The fourth-order valence-electron chi connectivity index (χ4n) is 3.00. The van der Waals surface area contributed by atoms with E-state index in [1.807, 2.05) is 0 Å². The van der Waals surface area contributed by atoms with Gasteiger partial charge in [-0.15, -0.1) is 0 Å². The summed E-state index contributed by atoms with van der Waals surface area (Å²) >= 11 is 0. The number of hydrogen-bond donors (Lipinski definition) is 3. The van der Waals surface area contributed by atoms with Crippen LogP contribution in [0.3, 0.4) is 0 Å². The van der Waals surface area contributed by atoms with Crippen molar-refractivity contribution in [1.29, 1.82) is 0 Å². The molecule has 8 nitrogen and oxygen atoms in total. The minimum atomic E-state index is -1.01. The number of rotatable bonds is 10. The third kappa shape index (κ3) is 3.91. The standard InChI is InChI=1S/C18H24N4O4/c1-20-16(24)14(8-5-11-23)22-17(25)12-6-4-7-13(15(12)18(22)26)21-10-3-2-9-19/h4,6-7,11,14,21H,2-3,5,8-10,19H2,1H3,(H,20,24). The number of aldehydes is 1. The molecule has 0 radical (unpaired) electrons. The highest BCUT2D eigenvalue weighted by Gasteiger charge is 2.43. The molecule has 0 aliphatic carbocycles. The molecule has 2 rings (SSSR count). The normalized spacial score (nSPS) is 14.2. The third-order valence-corrected chi connectivity index (χ3v) is 4.31. The Morgan fingerprint density at radius 3 is 2.69 bits per heavy atom. The Morgan fingerprint density at radius 2 is 2.04 bits per heavy atom. The van der Waals surface area contributed by atoms with E-state index in [1.165, 1.54) is 7.05 Å². The van der Waals surface area contributed by atoms with Crippen LogP contribution in [0.2, 0.25) is 0 Å². The predicted molar refractivity (Wildman–Crippen MR) is 96.9 cm³/mol. The number of nitrogens with zero attached hydrogens (tertiary/aromatic N) is 1. The van der Waals surface area contributed by atoms with E-state index in [2.05, 4.69) is 10.6 Å². The number of imide groups is 1. The van der Waals surface area contributed by atoms with Crippen molar-refractivity contribution in [2.75, 3.05) is 25.5 Å². The zero-order valence-corrected chi connectivity index (χ0v) is 14.8. The summed E-state index contributed by atoms with van der Waals surface area (Å²) in [7, 11) is 1.43. The Labute approximate surface area is 152 Å². The Hall–Kier alpha value is -2.74. The SMILES string of the molecule is CNC(=O)C(CCC=O)N1C(=O)c2cccc(NCCCCN)c2C1=O. The lowest BCUT2D eigenvalue weighted by atomic mass is 10.1. The Morgan fingerprint density at radius 1 is 1.27 bits per heavy atom. The molecule has 1 aliphatic rings. The van der Waals surface area contributed by atoms with Gasteiger partial charge in [0.25, 0.3) is 11.8 Å². The number of likely N-dealkylation sites (N-methyl/N-ethyl adjacent to an activating group) is 1. The van der Waals surface area contributed by atoms with Gasteiger partial charge in [0.1, 0.15) is 12.3 Å². The minimum absolute atomic E-state index is 0.0791. The zero-order valence-electron chi connectivity index (χ0n) is 14.8. The van der Waals surface area contributed by atoms with Crippen molar-refractivity contribution in [2.24, 2.45) is 5.73 Å². The summed E-state index contributed by atoms with van der Waals surface area (Å²) in [6.07, 6.45) is 2.53. The van der Waals surface area contributed by atoms with Crippen LogP contribution >= 0.6 is 0 Å². The van der Waals surface area contributed by atoms with Gasteiger partial charge < -0.3 is 21.2 Å². The summed E-state index contributed by atoms with van der Waals surface area (Å²) < 4.78 is 0. The van der Waals surface area contributed by atoms with Gasteiger partial charge in [0.2, 0.25) is 5.91 Å². The first-order chi connectivity index (χ1) is 12.6. The number of anilines is 1. The summed E-state index contributed by atoms with van der Waals surface area (Å²) in [5.41, 5.74) is 6.57. The van der Waals surface area contributed by atoms with E-state index in [9.17, 15) is 19.2 Å². The molecule has 3 amide bonds. The van der Waals surface area contributed by atoms with Gasteiger partial charge in [0.05, 0.1) is 11.1 Å². The topological polar surface area (TPSA) is 122 Å². The van der Waals surface area contributed by atoms with Crippen molar-refractivity contribution in [3.63, 3.8) is 0 Å². The average Bonchev–Trinajstić information content (AvgIpc) is 2.91. The van der Waals surface area contributed by atoms with E-state index in [1.54, 1.807) is 18.2 Å². The molecule has 8 heteroatoms. The fraction of sp³-hybridized carbons (Fsp3) is 0.444. The number of benzene rings is 1. The van der Waals surface area contributed by atoms with Crippen LogP contribution < -0.4 is 16.4 Å². The second-order valence-corrected chi connectivity index (χ2v) is 6.01. The molecule has 1 aromatic carbocycles. The molecule has 0 saturated heterocycles. The van der Waals surface area contributed by atoms with Crippen molar-refractivity contribution in [3.05, 3.63) is 29.3 Å². The van der Waals surface area contributed by atoms with Crippen molar-refractivity contribution in [2.45, 2.75) is 31.7 Å². The van der Waals surface area contributed by atoms with Gasteiger partial charge in [-0.25, -0.2) is 0 Å². The van der Waals surface area contributed by atoms with E-state index in [-0.39, 0.29) is 24.0 Å². The molecule has 0 fully saturated rings. The zero-order chi connectivity index (χ0) is 19.1. The maximum Gasteiger partial charge on any atom is 0.264 e. The molecule has 0 bridgehead atoms. The van der Waals surface area contributed by atoms with Crippen molar-refractivity contribution in [3.8, 4) is 0 Å². The van der Waals surface area contributed by atoms with Crippen LogP contribution in [0.15, 0.2) is 18.2 Å². The van der Waals surface area contributed by atoms with Crippen molar-refractivity contribution >= 4 is 29.7 Å². The van der Waals surface area contributed by atoms with Crippen LogP contribution in [0.4, 0.5) is 5.69 Å². The van der Waals surface area contributed by atoms with Crippen LogP contribution in [-0.4, -0.2) is 55.1 Å².